The van der Waals surface area contributed by atoms with E-state index in [2.05, 4.69) is 59.1 Å². The molecule has 168 valence electrons. The van der Waals surface area contributed by atoms with Crippen LogP contribution in [0.4, 0.5) is 5.95 Å². The van der Waals surface area contributed by atoms with E-state index in [4.69, 9.17) is 13.0 Å². The minimum atomic E-state index is -1.32. The van der Waals surface area contributed by atoms with Gasteiger partial charge >= 0.3 is 5.97 Å². The number of hydrogen-bond donors (Lipinski definition) is 3. The first-order valence-corrected chi connectivity index (χ1v) is 10.3. The first kappa shape index (κ1) is 23.7. The highest BCUT2D eigenvalue weighted by Crippen LogP contribution is 2.22. The second-order valence-electron chi connectivity index (χ2n) is 7.93. The summed E-state index contributed by atoms with van der Waals surface area (Å²) in [5.74, 6) is -0.573. The number of aliphatic carboxylic acids is 1. The standard InChI is InChI=1S/C23H25BN6O3/c1-12-6-13(2)16(5)17(7-12)11-25-23-27-28-29-30(23)18-8-14(3)20(15(4)9-18)21(31)26-19(10-24)22(32)33/h6-10H,11H2,1-5H3,(H,26,31)(H,32,33)(H,25,27,29)/b19-10-. The minimum Gasteiger partial charge on any atom is -0.477 e. The maximum absolute atomic E-state index is 12.6. The largest absolute Gasteiger partial charge is 0.477 e. The molecule has 2 aromatic carbocycles. The molecule has 0 aliphatic carbocycles. The number of aromatic nitrogens is 4. The Morgan fingerprint density at radius 2 is 1.73 bits per heavy atom. The summed E-state index contributed by atoms with van der Waals surface area (Å²) < 4.78 is 1.56. The van der Waals surface area contributed by atoms with Gasteiger partial charge in [0.05, 0.1) is 5.69 Å². The molecule has 1 amide bonds. The third-order valence-corrected chi connectivity index (χ3v) is 5.46. The number of amides is 1. The van der Waals surface area contributed by atoms with Crippen molar-refractivity contribution in [3.05, 3.63) is 74.9 Å². The van der Waals surface area contributed by atoms with Crippen LogP contribution < -0.4 is 10.6 Å². The Kier molecular flexibility index (Phi) is 6.96. The van der Waals surface area contributed by atoms with Gasteiger partial charge in [-0.05, 0) is 85.0 Å². The predicted octanol–water partition coefficient (Wildman–Crippen LogP) is 2.64. The van der Waals surface area contributed by atoms with Crippen molar-refractivity contribution < 1.29 is 14.7 Å². The summed E-state index contributed by atoms with van der Waals surface area (Å²) in [4.78, 5) is 23.8. The fourth-order valence-electron chi connectivity index (χ4n) is 3.73. The van der Waals surface area contributed by atoms with Gasteiger partial charge in [0.25, 0.3) is 5.91 Å². The van der Waals surface area contributed by atoms with Crippen LogP contribution in [-0.4, -0.2) is 45.0 Å². The first-order chi connectivity index (χ1) is 15.6. The Balaban J connectivity index is 1.87. The van der Waals surface area contributed by atoms with E-state index >= 15 is 0 Å². The molecule has 3 N–H and O–H groups in total. The van der Waals surface area contributed by atoms with Crippen molar-refractivity contribution in [2.75, 3.05) is 5.32 Å². The summed E-state index contributed by atoms with van der Waals surface area (Å²) in [6.45, 7) is 10.3. The molecule has 0 fully saturated rings. The van der Waals surface area contributed by atoms with E-state index in [1.165, 1.54) is 16.7 Å². The van der Waals surface area contributed by atoms with Crippen molar-refractivity contribution in [1.29, 1.82) is 0 Å². The quantitative estimate of drug-likeness (QED) is 0.378. The van der Waals surface area contributed by atoms with Crippen LogP contribution in [0.25, 0.3) is 5.69 Å². The molecular weight excluding hydrogens is 419 g/mol. The lowest BCUT2D eigenvalue weighted by Gasteiger charge is -2.15. The van der Waals surface area contributed by atoms with Crippen LogP contribution in [0.1, 0.15) is 43.7 Å². The maximum atomic E-state index is 12.6. The zero-order valence-corrected chi connectivity index (χ0v) is 19.2. The Morgan fingerprint density at radius 1 is 1.06 bits per heavy atom. The van der Waals surface area contributed by atoms with Crippen molar-refractivity contribution in [1.82, 2.24) is 25.5 Å². The summed E-state index contributed by atoms with van der Waals surface area (Å²) in [6, 6.07) is 7.80. The Labute approximate surface area is 193 Å². The van der Waals surface area contributed by atoms with Crippen LogP contribution >= 0.6 is 0 Å². The lowest BCUT2D eigenvalue weighted by molar-refractivity contribution is -0.133. The molecule has 0 saturated carbocycles. The minimum absolute atomic E-state index is 0.354. The van der Waals surface area contributed by atoms with Crippen molar-refractivity contribution in [3.63, 3.8) is 0 Å². The molecule has 2 radical (unpaired) electrons. The summed E-state index contributed by atoms with van der Waals surface area (Å²) in [5.41, 5.74) is 6.67. The van der Waals surface area contributed by atoms with Crippen molar-refractivity contribution in [3.8, 4) is 5.69 Å². The third kappa shape index (κ3) is 5.11. The fourth-order valence-corrected chi connectivity index (χ4v) is 3.73. The zero-order chi connectivity index (χ0) is 24.3. The van der Waals surface area contributed by atoms with E-state index in [9.17, 15) is 9.59 Å². The zero-order valence-electron chi connectivity index (χ0n) is 19.2. The van der Waals surface area contributed by atoms with Crippen molar-refractivity contribution in [2.45, 2.75) is 41.2 Å². The molecule has 3 rings (SSSR count). The number of benzene rings is 2. The SMILES string of the molecule is [B]/C=C(\NC(=O)c1c(C)cc(-n2nnnc2NCc2cc(C)cc(C)c2C)cc1C)C(=O)O. The second-order valence-corrected chi connectivity index (χ2v) is 7.93. The van der Waals surface area contributed by atoms with E-state index in [0.717, 1.165) is 11.5 Å². The molecule has 33 heavy (non-hydrogen) atoms. The number of nitrogens with one attached hydrogen (secondary N) is 2. The van der Waals surface area contributed by atoms with Crippen LogP contribution in [0.5, 0.6) is 0 Å². The molecule has 0 bridgehead atoms. The molecule has 9 nitrogen and oxygen atoms in total. The molecule has 0 aliphatic rings. The van der Waals surface area contributed by atoms with Crippen LogP contribution in [0.3, 0.4) is 0 Å². The van der Waals surface area contributed by atoms with Gasteiger partial charge in [-0.15, -0.1) is 5.98 Å². The van der Waals surface area contributed by atoms with E-state index in [1.807, 2.05) is 0 Å². The lowest BCUT2D eigenvalue weighted by Crippen LogP contribution is -2.28. The number of hydrogen-bond acceptors (Lipinski definition) is 6. The number of tetrazole rings is 1. The van der Waals surface area contributed by atoms with Crippen LogP contribution in [0.2, 0.25) is 0 Å². The normalized spacial score (nSPS) is 11.4. The van der Waals surface area contributed by atoms with Crippen LogP contribution in [0.15, 0.2) is 35.9 Å². The smallest absolute Gasteiger partial charge is 0.351 e. The van der Waals surface area contributed by atoms with Gasteiger partial charge in [-0.3, -0.25) is 4.79 Å². The first-order valence-electron chi connectivity index (χ1n) is 10.3. The van der Waals surface area contributed by atoms with Gasteiger partial charge in [0.1, 0.15) is 13.5 Å². The fraction of sp³-hybridized carbons (Fsp3) is 0.261. The Bertz CT molecular complexity index is 1240. The molecule has 0 atom stereocenters. The van der Waals surface area contributed by atoms with Crippen molar-refractivity contribution >= 4 is 25.7 Å². The summed E-state index contributed by atoms with van der Waals surface area (Å²) in [7, 11) is 5.29. The number of carboxylic acid groups (broad SMARTS) is 1. The van der Waals surface area contributed by atoms with E-state index in [-0.39, 0.29) is 0 Å². The lowest BCUT2D eigenvalue weighted by atomic mass is 10.00. The number of rotatable bonds is 7. The molecule has 3 aromatic rings. The number of nitrogens with zero attached hydrogens (tertiary/aromatic N) is 4. The topological polar surface area (TPSA) is 122 Å². The van der Waals surface area contributed by atoms with Gasteiger partial charge in [-0.2, -0.15) is 4.68 Å². The maximum Gasteiger partial charge on any atom is 0.351 e. The molecule has 0 unspecified atom stereocenters. The molecule has 0 spiro atoms. The number of anilines is 1. The highest BCUT2D eigenvalue weighted by atomic mass is 16.4. The molecular formula is C23H25BN6O3. The average molecular weight is 444 g/mol. The van der Waals surface area contributed by atoms with Crippen molar-refractivity contribution in [2.24, 2.45) is 0 Å². The van der Waals surface area contributed by atoms with Crippen LogP contribution in [0, 0.1) is 34.6 Å². The summed E-state index contributed by atoms with van der Waals surface area (Å²) in [5, 5.41) is 26.7. The molecule has 0 saturated heterocycles. The second kappa shape index (κ2) is 9.68. The van der Waals surface area contributed by atoms with Gasteiger partial charge in [0.2, 0.25) is 5.95 Å². The van der Waals surface area contributed by atoms with Gasteiger partial charge < -0.3 is 15.7 Å². The van der Waals surface area contributed by atoms with Gasteiger partial charge in [-0.1, -0.05) is 22.8 Å². The Hall–Kier alpha value is -3.95. The molecule has 1 aromatic heterocycles. The van der Waals surface area contributed by atoms with E-state index in [1.54, 1.807) is 30.7 Å². The molecule has 10 heteroatoms. The van der Waals surface area contributed by atoms with Gasteiger partial charge in [0.15, 0.2) is 0 Å². The number of aryl methyl sites for hydroxylation is 4. The van der Waals surface area contributed by atoms with E-state index in [0.29, 0.717) is 34.9 Å². The number of carboxylic acids is 1. The monoisotopic (exact) mass is 444 g/mol. The molecule has 1 heterocycles. The van der Waals surface area contributed by atoms with Crippen LogP contribution in [-0.2, 0) is 11.3 Å². The summed E-state index contributed by atoms with van der Waals surface area (Å²) in [6.07, 6.45) is 0. The highest BCUT2D eigenvalue weighted by Gasteiger charge is 2.19. The predicted molar refractivity (Wildman–Crippen MR) is 126 cm³/mol. The van der Waals surface area contributed by atoms with Gasteiger partial charge in [0, 0.05) is 12.1 Å². The highest BCUT2D eigenvalue weighted by molar-refractivity contribution is 6.20. The Morgan fingerprint density at radius 3 is 2.33 bits per heavy atom. The van der Waals surface area contributed by atoms with E-state index < -0.39 is 17.6 Å². The number of carbonyl (C=O) groups excluding carboxylic acids is 1. The molecule has 0 aliphatic heterocycles. The summed E-state index contributed by atoms with van der Waals surface area (Å²) >= 11 is 0. The van der Waals surface area contributed by atoms with Gasteiger partial charge in [-0.25, -0.2) is 4.79 Å². The third-order valence-electron chi connectivity index (χ3n) is 5.46. The number of carbonyl (C=O) groups is 2. The average Bonchev–Trinajstić information content (AvgIpc) is 3.21.